The Labute approximate surface area is 127 Å². The quantitative estimate of drug-likeness (QED) is 0.749. The molecule has 0 spiro atoms. The van der Waals surface area contributed by atoms with E-state index in [1.165, 1.54) is 25.7 Å². The first kappa shape index (κ1) is 15.3. The van der Waals surface area contributed by atoms with Gasteiger partial charge in [-0.3, -0.25) is 15.0 Å². The number of fused-ring (bicyclic) bond motifs is 1. The van der Waals surface area contributed by atoms with Crippen LogP contribution < -0.4 is 5.32 Å². The number of morpholine rings is 1. The van der Waals surface area contributed by atoms with Gasteiger partial charge in [-0.2, -0.15) is 0 Å². The van der Waals surface area contributed by atoms with E-state index in [0.29, 0.717) is 24.8 Å². The van der Waals surface area contributed by atoms with Gasteiger partial charge >= 0.3 is 5.97 Å². The third-order valence-electron chi connectivity index (χ3n) is 4.94. The predicted molar refractivity (Wildman–Crippen MR) is 80.1 cm³/mol. The first-order chi connectivity index (χ1) is 10.1. The second kappa shape index (κ2) is 6.23. The minimum absolute atomic E-state index is 0.113. The van der Waals surface area contributed by atoms with Crippen molar-refractivity contribution in [2.75, 3.05) is 26.3 Å². The minimum Gasteiger partial charge on any atom is -0.465 e. The lowest BCUT2D eigenvalue weighted by Gasteiger charge is -2.42. The highest BCUT2D eigenvalue weighted by Crippen LogP contribution is 2.31. The second-order valence-electron chi connectivity index (χ2n) is 6.85. The van der Waals surface area contributed by atoms with Crippen LogP contribution in [-0.4, -0.2) is 60.9 Å². The average molecular weight is 296 g/mol. The lowest BCUT2D eigenvalue weighted by Crippen LogP contribution is -2.62. The van der Waals surface area contributed by atoms with Crippen molar-refractivity contribution < 1.29 is 14.3 Å². The Morgan fingerprint density at radius 2 is 2.19 bits per heavy atom. The summed E-state index contributed by atoms with van der Waals surface area (Å²) in [6, 6.07) is 0.966. The molecule has 2 saturated carbocycles. The molecule has 21 heavy (non-hydrogen) atoms. The molecule has 1 aliphatic heterocycles. The third kappa shape index (κ3) is 3.41. The normalized spacial score (nSPS) is 32.5. The van der Waals surface area contributed by atoms with Gasteiger partial charge in [-0.25, -0.2) is 0 Å². The highest BCUT2D eigenvalue weighted by Gasteiger charge is 2.45. The Balaban J connectivity index is 1.68. The van der Waals surface area contributed by atoms with Crippen LogP contribution in [0.15, 0.2) is 0 Å². The molecule has 0 aromatic rings. The van der Waals surface area contributed by atoms with Gasteiger partial charge in [0.2, 0.25) is 0 Å². The molecule has 3 fully saturated rings. The van der Waals surface area contributed by atoms with Gasteiger partial charge in [0, 0.05) is 25.2 Å². The topological polar surface area (TPSA) is 50.8 Å². The zero-order valence-electron chi connectivity index (χ0n) is 13.3. The summed E-state index contributed by atoms with van der Waals surface area (Å²) in [5.41, 5.74) is -0.596. The van der Waals surface area contributed by atoms with Crippen LogP contribution in [0.1, 0.15) is 46.0 Å². The summed E-state index contributed by atoms with van der Waals surface area (Å²) in [7, 11) is 0. The molecule has 0 amide bonds. The standard InChI is InChI=1S/C16H28N2O3/c1-3-20-15(19)16(2,17-12-7-8-12)11-18-9-10-21-14-6-4-5-13(14)18/h12-14,17H,3-11H2,1-2H3. The maximum absolute atomic E-state index is 12.5. The van der Waals surface area contributed by atoms with Crippen LogP contribution in [0.4, 0.5) is 0 Å². The molecular formula is C16H28N2O3. The van der Waals surface area contributed by atoms with E-state index in [-0.39, 0.29) is 5.97 Å². The molecule has 3 aliphatic rings. The fourth-order valence-corrected chi connectivity index (χ4v) is 3.75. The summed E-state index contributed by atoms with van der Waals surface area (Å²) in [5.74, 6) is -0.113. The van der Waals surface area contributed by atoms with Crippen molar-refractivity contribution in [2.45, 2.75) is 69.7 Å². The third-order valence-corrected chi connectivity index (χ3v) is 4.94. The van der Waals surface area contributed by atoms with Crippen molar-refractivity contribution in [1.82, 2.24) is 10.2 Å². The summed E-state index contributed by atoms with van der Waals surface area (Å²) >= 11 is 0. The van der Waals surface area contributed by atoms with Crippen LogP contribution in [0, 0.1) is 0 Å². The van der Waals surface area contributed by atoms with Crippen LogP contribution in [0.25, 0.3) is 0 Å². The summed E-state index contributed by atoms with van der Waals surface area (Å²) in [4.78, 5) is 14.9. The molecule has 3 atom stereocenters. The number of nitrogens with zero attached hydrogens (tertiary/aromatic N) is 1. The number of hydrogen-bond donors (Lipinski definition) is 1. The van der Waals surface area contributed by atoms with Crippen molar-refractivity contribution in [1.29, 1.82) is 0 Å². The van der Waals surface area contributed by atoms with Crippen LogP contribution in [0.2, 0.25) is 0 Å². The Morgan fingerprint density at radius 1 is 1.38 bits per heavy atom. The van der Waals surface area contributed by atoms with Crippen molar-refractivity contribution in [3.63, 3.8) is 0 Å². The van der Waals surface area contributed by atoms with Gasteiger partial charge in [0.05, 0.1) is 19.3 Å². The summed E-state index contributed by atoms with van der Waals surface area (Å²) in [6.45, 7) is 6.74. The molecule has 1 saturated heterocycles. The lowest BCUT2D eigenvalue weighted by molar-refractivity contribution is -0.153. The van der Waals surface area contributed by atoms with Gasteiger partial charge in [-0.1, -0.05) is 0 Å². The van der Waals surface area contributed by atoms with E-state index in [9.17, 15) is 4.79 Å². The van der Waals surface area contributed by atoms with Gasteiger partial charge in [-0.15, -0.1) is 0 Å². The Bertz CT molecular complexity index is 386. The summed E-state index contributed by atoms with van der Waals surface area (Å²) in [6.07, 6.45) is 6.29. The number of rotatable bonds is 6. The van der Waals surface area contributed by atoms with Gasteiger partial charge in [0.15, 0.2) is 0 Å². The highest BCUT2D eigenvalue weighted by atomic mass is 16.5. The fraction of sp³-hybridized carbons (Fsp3) is 0.938. The maximum Gasteiger partial charge on any atom is 0.327 e. The van der Waals surface area contributed by atoms with Crippen LogP contribution in [0.5, 0.6) is 0 Å². The molecule has 3 rings (SSSR count). The van der Waals surface area contributed by atoms with E-state index in [0.717, 1.165) is 26.1 Å². The van der Waals surface area contributed by atoms with Gasteiger partial charge in [-0.05, 0) is 46.0 Å². The number of esters is 1. The minimum atomic E-state index is -0.596. The largest absolute Gasteiger partial charge is 0.465 e. The first-order valence-electron chi connectivity index (χ1n) is 8.43. The monoisotopic (exact) mass is 296 g/mol. The number of carbonyl (C=O) groups is 1. The first-order valence-corrected chi connectivity index (χ1v) is 8.43. The van der Waals surface area contributed by atoms with Crippen LogP contribution in [-0.2, 0) is 14.3 Å². The molecule has 0 aromatic carbocycles. The molecule has 0 radical (unpaired) electrons. The molecule has 120 valence electrons. The van der Waals surface area contributed by atoms with E-state index in [1.54, 1.807) is 0 Å². The number of hydrogen-bond acceptors (Lipinski definition) is 5. The molecule has 3 unspecified atom stereocenters. The molecule has 5 heteroatoms. The maximum atomic E-state index is 12.5. The van der Waals surface area contributed by atoms with E-state index in [4.69, 9.17) is 9.47 Å². The number of carbonyl (C=O) groups excluding carboxylic acids is 1. The van der Waals surface area contributed by atoms with E-state index >= 15 is 0 Å². The molecule has 1 heterocycles. The average Bonchev–Trinajstić information content (AvgIpc) is 3.12. The van der Waals surface area contributed by atoms with Crippen molar-refractivity contribution in [3.05, 3.63) is 0 Å². The van der Waals surface area contributed by atoms with E-state index in [2.05, 4.69) is 10.2 Å². The smallest absolute Gasteiger partial charge is 0.327 e. The molecular weight excluding hydrogens is 268 g/mol. The fourth-order valence-electron chi connectivity index (χ4n) is 3.75. The number of nitrogens with one attached hydrogen (secondary N) is 1. The molecule has 2 aliphatic carbocycles. The van der Waals surface area contributed by atoms with Gasteiger partial charge < -0.3 is 9.47 Å². The Morgan fingerprint density at radius 3 is 2.90 bits per heavy atom. The summed E-state index contributed by atoms with van der Waals surface area (Å²) in [5, 5.41) is 3.52. The van der Waals surface area contributed by atoms with Crippen molar-refractivity contribution in [3.8, 4) is 0 Å². The molecule has 1 N–H and O–H groups in total. The SMILES string of the molecule is CCOC(=O)C(C)(CN1CCOC2CCCC21)NC1CC1. The van der Waals surface area contributed by atoms with E-state index in [1.807, 2.05) is 13.8 Å². The van der Waals surface area contributed by atoms with Crippen molar-refractivity contribution >= 4 is 5.97 Å². The van der Waals surface area contributed by atoms with Gasteiger partial charge in [0.1, 0.15) is 5.54 Å². The van der Waals surface area contributed by atoms with Crippen LogP contribution in [0.3, 0.4) is 0 Å². The number of ether oxygens (including phenoxy) is 2. The Kier molecular flexibility index (Phi) is 4.52. The van der Waals surface area contributed by atoms with E-state index < -0.39 is 5.54 Å². The molecule has 5 nitrogen and oxygen atoms in total. The predicted octanol–water partition coefficient (Wildman–Crippen LogP) is 1.31. The van der Waals surface area contributed by atoms with Gasteiger partial charge in [0.25, 0.3) is 0 Å². The van der Waals surface area contributed by atoms with Crippen molar-refractivity contribution in [2.24, 2.45) is 0 Å². The molecule has 0 aromatic heterocycles. The summed E-state index contributed by atoms with van der Waals surface area (Å²) < 4.78 is 11.2. The van der Waals surface area contributed by atoms with Crippen LogP contribution >= 0.6 is 0 Å². The second-order valence-corrected chi connectivity index (χ2v) is 6.85. The Hall–Kier alpha value is -0.650. The molecule has 0 bridgehead atoms. The lowest BCUT2D eigenvalue weighted by atomic mass is 9.99. The highest BCUT2D eigenvalue weighted by molar-refractivity contribution is 5.80. The zero-order valence-corrected chi connectivity index (χ0v) is 13.3. The zero-order chi connectivity index (χ0) is 14.9.